The summed E-state index contributed by atoms with van der Waals surface area (Å²) in [7, 11) is -2.37. The molecule has 0 heterocycles. The molecular formula is C12H15Cl2NO5S. The first-order chi connectivity index (χ1) is 9.79. The zero-order valence-electron chi connectivity index (χ0n) is 11.2. The molecule has 0 spiro atoms. The van der Waals surface area contributed by atoms with E-state index in [1.807, 2.05) is 0 Å². The molecule has 0 bridgehead atoms. The highest BCUT2D eigenvalue weighted by Crippen LogP contribution is 2.29. The molecule has 21 heavy (non-hydrogen) atoms. The summed E-state index contributed by atoms with van der Waals surface area (Å²) >= 11 is 11.6. The van der Waals surface area contributed by atoms with Gasteiger partial charge in [-0.1, -0.05) is 23.2 Å². The summed E-state index contributed by atoms with van der Waals surface area (Å²) in [5, 5.41) is 8.60. The van der Waals surface area contributed by atoms with Crippen LogP contribution in [0.15, 0.2) is 17.0 Å². The van der Waals surface area contributed by atoms with Crippen LogP contribution in [0.3, 0.4) is 0 Å². The van der Waals surface area contributed by atoms with E-state index in [0.29, 0.717) is 19.4 Å². The van der Waals surface area contributed by atoms with E-state index >= 15 is 0 Å². The van der Waals surface area contributed by atoms with Gasteiger partial charge in [0.15, 0.2) is 0 Å². The first-order valence-corrected chi connectivity index (χ1v) is 8.24. The highest BCUT2D eigenvalue weighted by molar-refractivity contribution is 7.89. The number of hydrogen-bond donors (Lipinski definition) is 2. The van der Waals surface area contributed by atoms with Crippen molar-refractivity contribution in [3.8, 4) is 0 Å². The van der Waals surface area contributed by atoms with E-state index in [1.54, 1.807) is 7.11 Å². The summed E-state index contributed by atoms with van der Waals surface area (Å²) in [6.45, 7) is 0.722. The lowest BCUT2D eigenvalue weighted by atomic mass is 10.2. The zero-order chi connectivity index (χ0) is 16.0. The van der Waals surface area contributed by atoms with E-state index in [1.165, 1.54) is 0 Å². The Balaban J connectivity index is 2.95. The van der Waals surface area contributed by atoms with E-state index in [2.05, 4.69) is 4.72 Å². The molecule has 0 aliphatic carbocycles. The third-order valence-corrected chi connectivity index (χ3v) is 4.81. The Kier molecular flexibility index (Phi) is 6.89. The lowest BCUT2D eigenvalue weighted by Crippen LogP contribution is -2.25. The van der Waals surface area contributed by atoms with Crippen LogP contribution in [-0.2, 0) is 14.8 Å². The van der Waals surface area contributed by atoms with Gasteiger partial charge in [-0.3, -0.25) is 0 Å². The molecule has 0 saturated heterocycles. The van der Waals surface area contributed by atoms with Gasteiger partial charge in [0.1, 0.15) is 4.90 Å². The van der Waals surface area contributed by atoms with Crippen LogP contribution in [-0.4, -0.2) is 39.8 Å². The number of carboxylic acid groups (broad SMARTS) is 1. The predicted molar refractivity (Wildman–Crippen MR) is 79.7 cm³/mol. The summed E-state index contributed by atoms with van der Waals surface area (Å²) in [4.78, 5) is 10.7. The summed E-state index contributed by atoms with van der Waals surface area (Å²) in [6, 6.07) is 2.22. The Morgan fingerprint density at radius 2 is 2.00 bits per heavy atom. The maximum atomic E-state index is 12.1. The molecule has 0 aliphatic heterocycles. The van der Waals surface area contributed by atoms with Crippen molar-refractivity contribution in [2.75, 3.05) is 20.3 Å². The number of sulfonamides is 1. The van der Waals surface area contributed by atoms with Gasteiger partial charge in [0, 0.05) is 25.3 Å². The maximum Gasteiger partial charge on any atom is 0.337 e. The Labute approximate surface area is 133 Å². The van der Waals surface area contributed by atoms with Gasteiger partial charge in [-0.2, -0.15) is 0 Å². The number of methoxy groups -OCH3 is 1. The number of rotatable bonds is 8. The van der Waals surface area contributed by atoms with Gasteiger partial charge in [-0.25, -0.2) is 17.9 Å². The predicted octanol–water partition coefficient (Wildman–Crippen LogP) is 2.40. The average molecular weight is 356 g/mol. The van der Waals surface area contributed by atoms with Gasteiger partial charge in [0.2, 0.25) is 10.0 Å². The summed E-state index contributed by atoms with van der Waals surface area (Å²) in [5.74, 6) is -1.35. The largest absolute Gasteiger partial charge is 0.478 e. The van der Waals surface area contributed by atoms with Gasteiger partial charge in [0.05, 0.1) is 10.6 Å². The number of halogens is 2. The van der Waals surface area contributed by atoms with Gasteiger partial charge >= 0.3 is 5.97 Å². The molecule has 9 heteroatoms. The third-order valence-electron chi connectivity index (χ3n) is 2.59. The van der Waals surface area contributed by atoms with Crippen molar-refractivity contribution in [3.63, 3.8) is 0 Å². The van der Waals surface area contributed by atoms with Crippen LogP contribution < -0.4 is 4.72 Å². The van der Waals surface area contributed by atoms with Gasteiger partial charge < -0.3 is 9.84 Å². The number of hydrogen-bond acceptors (Lipinski definition) is 4. The average Bonchev–Trinajstić information content (AvgIpc) is 2.40. The fraction of sp³-hybridized carbons (Fsp3) is 0.417. The van der Waals surface area contributed by atoms with Crippen molar-refractivity contribution in [3.05, 3.63) is 27.7 Å². The van der Waals surface area contributed by atoms with Crippen LogP contribution in [0.1, 0.15) is 23.2 Å². The van der Waals surface area contributed by atoms with Crippen LogP contribution in [0.2, 0.25) is 10.0 Å². The summed E-state index contributed by atoms with van der Waals surface area (Å²) in [5.41, 5.74) is -0.357. The van der Waals surface area contributed by atoms with Crippen molar-refractivity contribution < 1.29 is 23.1 Å². The smallest absolute Gasteiger partial charge is 0.337 e. The van der Waals surface area contributed by atoms with E-state index in [9.17, 15) is 13.2 Å². The number of benzene rings is 1. The molecule has 0 atom stereocenters. The van der Waals surface area contributed by atoms with Gasteiger partial charge in [0.25, 0.3) is 0 Å². The molecule has 0 unspecified atom stereocenters. The summed E-state index contributed by atoms with van der Waals surface area (Å²) < 4.78 is 31.5. The molecule has 0 aliphatic rings. The van der Waals surface area contributed by atoms with E-state index < -0.39 is 16.0 Å². The second-order valence-corrected chi connectivity index (χ2v) is 6.72. The lowest BCUT2D eigenvalue weighted by molar-refractivity contribution is 0.0697. The van der Waals surface area contributed by atoms with Crippen molar-refractivity contribution >= 4 is 39.2 Å². The molecule has 2 N–H and O–H groups in total. The summed E-state index contributed by atoms with van der Waals surface area (Å²) in [6.07, 6.45) is 1.28. The highest BCUT2D eigenvalue weighted by Gasteiger charge is 2.23. The number of unbranched alkanes of at least 4 members (excludes halogenated alkanes) is 1. The van der Waals surface area contributed by atoms with Crippen LogP contribution in [0.25, 0.3) is 0 Å². The molecule has 0 radical (unpaired) electrons. The van der Waals surface area contributed by atoms with Crippen LogP contribution >= 0.6 is 23.2 Å². The SMILES string of the molecule is COCCCCNS(=O)(=O)c1cc(Cl)cc(C(=O)O)c1Cl. The molecule has 0 saturated carbocycles. The van der Waals surface area contributed by atoms with Crippen molar-refractivity contribution in [2.24, 2.45) is 0 Å². The zero-order valence-corrected chi connectivity index (χ0v) is 13.6. The number of ether oxygens (including phenoxy) is 1. The van der Waals surface area contributed by atoms with Crippen molar-refractivity contribution in [1.82, 2.24) is 4.72 Å². The Morgan fingerprint density at radius 1 is 1.33 bits per heavy atom. The van der Waals surface area contributed by atoms with E-state index in [4.69, 9.17) is 33.0 Å². The number of aromatic carboxylic acids is 1. The minimum Gasteiger partial charge on any atom is -0.478 e. The molecular weight excluding hydrogens is 341 g/mol. The first kappa shape index (κ1) is 18.2. The fourth-order valence-corrected chi connectivity index (χ4v) is 3.55. The Bertz CT molecular complexity index is 618. The van der Waals surface area contributed by atoms with Gasteiger partial charge in [-0.15, -0.1) is 0 Å². The second-order valence-electron chi connectivity index (χ2n) is 4.17. The molecule has 0 aromatic heterocycles. The number of carbonyl (C=O) groups is 1. The molecule has 118 valence electrons. The molecule has 1 aromatic rings. The monoisotopic (exact) mass is 355 g/mol. The van der Waals surface area contributed by atoms with E-state index in [0.717, 1.165) is 12.1 Å². The second kappa shape index (κ2) is 7.95. The van der Waals surface area contributed by atoms with Crippen molar-refractivity contribution in [1.29, 1.82) is 0 Å². The molecule has 0 amide bonds. The lowest BCUT2D eigenvalue weighted by Gasteiger charge is -2.10. The van der Waals surface area contributed by atoms with Gasteiger partial charge in [-0.05, 0) is 25.0 Å². The normalized spacial score (nSPS) is 11.6. The van der Waals surface area contributed by atoms with Crippen molar-refractivity contribution in [2.45, 2.75) is 17.7 Å². The Morgan fingerprint density at radius 3 is 2.57 bits per heavy atom. The van der Waals surface area contributed by atoms with Crippen LogP contribution in [0.4, 0.5) is 0 Å². The fourth-order valence-electron chi connectivity index (χ4n) is 1.57. The third kappa shape index (κ3) is 5.12. The highest BCUT2D eigenvalue weighted by atomic mass is 35.5. The number of carboxylic acids is 1. The maximum absolute atomic E-state index is 12.1. The van der Waals surface area contributed by atoms with Crippen LogP contribution in [0.5, 0.6) is 0 Å². The van der Waals surface area contributed by atoms with Crippen LogP contribution in [0, 0.1) is 0 Å². The standard InChI is InChI=1S/C12H15Cl2NO5S/c1-20-5-3-2-4-15-21(18,19)10-7-8(13)6-9(11(10)14)12(16)17/h6-7,15H,2-5H2,1H3,(H,16,17). The topological polar surface area (TPSA) is 92.7 Å². The molecule has 1 rings (SSSR count). The first-order valence-electron chi connectivity index (χ1n) is 6.00. The Hall–Kier alpha value is -0.860. The number of nitrogens with one attached hydrogen (secondary N) is 1. The molecule has 1 aromatic carbocycles. The minimum atomic E-state index is -3.93. The van der Waals surface area contributed by atoms with E-state index in [-0.39, 0.29) is 27.0 Å². The quantitative estimate of drug-likeness (QED) is 0.698. The molecule has 0 fully saturated rings. The molecule has 6 nitrogen and oxygen atoms in total. The minimum absolute atomic E-state index is 0.0171.